The van der Waals surface area contributed by atoms with Crippen molar-refractivity contribution in [3.63, 3.8) is 0 Å². The molecule has 0 spiro atoms. The number of carbonyl (C=O) groups is 1. The summed E-state index contributed by atoms with van der Waals surface area (Å²) in [5, 5.41) is 10.5. The molecule has 0 unspecified atom stereocenters. The SMILES string of the molecule is C[C@@]1(O)CC[C@@]2(C)[C@@H](CC[C@@H]3[C@@H]2CC[C@]2(C)C(=O)CC[C@@H]32)C1. The topological polar surface area (TPSA) is 37.3 Å². The molecule has 2 heteroatoms. The van der Waals surface area contributed by atoms with Crippen LogP contribution in [0.4, 0.5) is 0 Å². The number of hydrogen-bond acceptors (Lipinski definition) is 2. The minimum atomic E-state index is -0.441. The lowest BCUT2D eigenvalue weighted by Crippen LogP contribution is -2.55. The van der Waals surface area contributed by atoms with Crippen molar-refractivity contribution in [2.45, 2.75) is 84.2 Å². The van der Waals surface area contributed by atoms with E-state index in [1.54, 1.807) is 0 Å². The standard InChI is InChI=1S/C20H32O2/c1-18(22)10-11-19(2)13(12-18)4-5-14-15-6-7-17(21)20(15,3)9-8-16(14)19/h13-16,22H,4-12H2,1-3H3/t13-,14-,15-,16-,18+,19-,20-/m0/s1. The smallest absolute Gasteiger partial charge is 0.139 e. The quantitative estimate of drug-likeness (QED) is 0.722. The van der Waals surface area contributed by atoms with E-state index in [0.717, 1.165) is 43.9 Å². The van der Waals surface area contributed by atoms with Gasteiger partial charge in [-0.2, -0.15) is 0 Å². The van der Waals surface area contributed by atoms with Gasteiger partial charge in [-0.05, 0) is 87.4 Å². The molecule has 0 heterocycles. The van der Waals surface area contributed by atoms with Gasteiger partial charge in [-0.15, -0.1) is 0 Å². The number of fused-ring (bicyclic) bond motifs is 5. The van der Waals surface area contributed by atoms with Crippen LogP contribution in [0.1, 0.15) is 78.6 Å². The largest absolute Gasteiger partial charge is 0.390 e. The average Bonchev–Trinajstić information content (AvgIpc) is 2.76. The summed E-state index contributed by atoms with van der Waals surface area (Å²) in [6, 6.07) is 0. The third kappa shape index (κ3) is 1.92. The summed E-state index contributed by atoms with van der Waals surface area (Å²) in [5.41, 5.74) is -0.0217. The fourth-order valence-corrected chi connectivity index (χ4v) is 7.20. The first-order chi connectivity index (χ1) is 10.3. The number of rotatable bonds is 0. The van der Waals surface area contributed by atoms with Crippen LogP contribution in [-0.2, 0) is 4.79 Å². The van der Waals surface area contributed by atoms with Crippen LogP contribution in [0.2, 0.25) is 0 Å². The van der Waals surface area contributed by atoms with Gasteiger partial charge in [-0.3, -0.25) is 4.79 Å². The minimum Gasteiger partial charge on any atom is -0.390 e. The summed E-state index contributed by atoms with van der Waals surface area (Å²) in [7, 11) is 0. The lowest BCUT2D eigenvalue weighted by atomic mass is 9.44. The maximum absolute atomic E-state index is 12.4. The Kier molecular flexibility index (Phi) is 3.16. The van der Waals surface area contributed by atoms with Crippen LogP contribution in [0.3, 0.4) is 0 Å². The zero-order valence-electron chi connectivity index (χ0n) is 14.5. The van der Waals surface area contributed by atoms with Crippen LogP contribution >= 0.6 is 0 Å². The van der Waals surface area contributed by atoms with E-state index in [-0.39, 0.29) is 5.41 Å². The molecule has 0 aromatic rings. The Morgan fingerprint density at radius 2 is 1.73 bits per heavy atom. The van der Waals surface area contributed by atoms with E-state index in [2.05, 4.69) is 13.8 Å². The molecule has 7 atom stereocenters. The maximum Gasteiger partial charge on any atom is 0.139 e. The van der Waals surface area contributed by atoms with E-state index in [4.69, 9.17) is 0 Å². The van der Waals surface area contributed by atoms with Gasteiger partial charge in [0, 0.05) is 11.8 Å². The molecule has 124 valence electrons. The van der Waals surface area contributed by atoms with Crippen molar-refractivity contribution in [2.75, 3.05) is 0 Å². The number of hydrogen-bond donors (Lipinski definition) is 1. The van der Waals surface area contributed by atoms with E-state index in [1.165, 1.54) is 25.7 Å². The number of Topliss-reactive ketones (excluding diaryl/α,β-unsaturated/α-hetero) is 1. The highest BCUT2D eigenvalue weighted by molar-refractivity contribution is 5.87. The van der Waals surface area contributed by atoms with Crippen LogP contribution in [-0.4, -0.2) is 16.5 Å². The van der Waals surface area contributed by atoms with Gasteiger partial charge in [0.25, 0.3) is 0 Å². The molecule has 0 amide bonds. The molecule has 4 rings (SSSR count). The molecule has 4 aliphatic carbocycles. The minimum absolute atomic E-state index is 0.00449. The predicted molar refractivity (Wildman–Crippen MR) is 87.4 cm³/mol. The van der Waals surface area contributed by atoms with Crippen LogP contribution in [0.25, 0.3) is 0 Å². The lowest BCUT2D eigenvalue weighted by molar-refractivity contribution is -0.151. The molecule has 22 heavy (non-hydrogen) atoms. The average molecular weight is 304 g/mol. The molecule has 1 N–H and O–H groups in total. The molecule has 0 bridgehead atoms. The van der Waals surface area contributed by atoms with Crippen molar-refractivity contribution in [1.82, 2.24) is 0 Å². The zero-order valence-corrected chi connectivity index (χ0v) is 14.5. The Morgan fingerprint density at radius 1 is 0.955 bits per heavy atom. The molecule has 4 saturated carbocycles. The van der Waals surface area contributed by atoms with Crippen LogP contribution in [0, 0.1) is 34.5 Å². The van der Waals surface area contributed by atoms with Gasteiger partial charge in [0.05, 0.1) is 5.60 Å². The number of carbonyl (C=O) groups excluding carboxylic acids is 1. The van der Waals surface area contributed by atoms with Gasteiger partial charge >= 0.3 is 0 Å². The predicted octanol–water partition coefficient (Wildman–Crippen LogP) is 4.35. The Labute approximate surface area is 135 Å². The summed E-state index contributed by atoms with van der Waals surface area (Å²) in [6.07, 6.45) is 10.1. The van der Waals surface area contributed by atoms with Gasteiger partial charge in [0.1, 0.15) is 5.78 Å². The summed E-state index contributed by atoms with van der Waals surface area (Å²) < 4.78 is 0. The first kappa shape index (κ1) is 15.2. The molecular formula is C20H32O2. The normalized spacial score (nSPS) is 57.9. The van der Waals surface area contributed by atoms with Crippen molar-refractivity contribution >= 4 is 5.78 Å². The molecule has 0 saturated heterocycles. The molecule has 0 aromatic heterocycles. The number of aliphatic hydroxyl groups is 1. The highest BCUT2D eigenvalue weighted by atomic mass is 16.3. The van der Waals surface area contributed by atoms with Crippen LogP contribution < -0.4 is 0 Å². The van der Waals surface area contributed by atoms with Crippen molar-refractivity contribution in [3.05, 3.63) is 0 Å². The van der Waals surface area contributed by atoms with Crippen molar-refractivity contribution < 1.29 is 9.90 Å². The third-order valence-corrected chi connectivity index (χ3v) is 8.66. The molecule has 4 fully saturated rings. The molecule has 4 aliphatic rings. The second-order valence-electron chi connectivity index (χ2n) is 9.78. The van der Waals surface area contributed by atoms with E-state index >= 15 is 0 Å². The van der Waals surface area contributed by atoms with Crippen molar-refractivity contribution in [1.29, 1.82) is 0 Å². The van der Waals surface area contributed by atoms with Crippen LogP contribution in [0.15, 0.2) is 0 Å². The van der Waals surface area contributed by atoms with E-state index < -0.39 is 5.60 Å². The van der Waals surface area contributed by atoms with Crippen LogP contribution in [0.5, 0.6) is 0 Å². The molecule has 0 aliphatic heterocycles. The first-order valence-electron chi connectivity index (χ1n) is 9.52. The Hall–Kier alpha value is -0.370. The monoisotopic (exact) mass is 304 g/mol. The highest BCUT2D eigenvalue weighted by Gasteiger charge is 2.60. The van der Waals surface area contributed by atoms with Crippen molar-refractivity contribution in [3.8, 4) is 0 Å². The summed E-state index contributed by atoms with van der Waals surface area (Å²) in [4.78, 5) is 12.4. The lowest BCUT2D eigenvalue weighted by Gasteiger charge is -2.61. The molecular weight excluding hydrogens is 272 g/mol. The highest BCUT2D eigenvalue weighted by Crippen LogP contribution is 2.66. The van der Waals surface area contributed by atoms with Gasteiger partial charge in [-0.1, -0.05) is 13.8 Å². The third-order valence-electron chi connectivity index (χ3n) is 8.66. The van der Waals surface area contributed by atoms with Gasteiger partial charge in [0.2, 0.25) is 0 Å². The number of ketones is 1. The van der Waals surface area contributed by atoms with Gasteiger partial charge in [-0.25, -0.2) is 0 Å². The second-order valence-corrected chi connectivity index (χ2v) is 9.78. The second kappa shape index (κ2) is 4.59. The fourth-order valence-electron chi connectivity index (χ4n) is 7.20. The fraction of sp³-hybridized carbons (Fsp3) is 0.950. The van der Waals surface area contributed by atoms with E-state index in [0.29, 0.717) is 23.0 Å². The van der Waals surface area contributed by atoms with E-state index in [9.17, 15) is 9.90 Å². The van der Waals surface area contributed by atoms with Crippen molar-refractivity contribution in [2.24, 2.45) is 34.5 Å². The van der Waals surface area contributed by atoms with Gasteiger partial charge < -0.3 is 5.11 Å². The maximum atomic E-state index is 12.4. The molecule has 0 aromatic carbocycles. The molecule has 2 nitrogen and oxygen atoms in total. The van der Waals surface area contributed by atoms with Gasteiger partial charge in [0.15, 0.2) is 0 Å². The Balaban J connectivity index is 1.63. The Bertz CT molecular complexity index is 496. The summed E-state index contributed by atoms with van der Waals surface area (Å²) in [5.74, 6) is 3.47. The Morgan fingerprint density at radius 3 is 2.50 bits per heavy atom. The summed E-state index contributed by atoms with van der Waals surface area (Å²) in [6.45, 7) is 6.82. The summed E-state index contributed by atoms with van der Waals surface area (Å²) >= 11 is 0. The zero-order chi connectivity index (χ0) is 15.8. The van der Waals surface area contributed by atoms with E-state index in [1.807, 2.05) is 6.92 Å². The molecule has 0 radical (unpaired) electrons. The first-order valence-corrected chi connectivity index (χ1v) is 9.52.